The van der Waals surface area contributed by atoms with Gasteiger partial charge < -0.3 is 20.5 Å². The number of hydrogen-bond donors (Lipinski definition) is 2. The minimum Gasteiger partial charge on any atom is -0.497 e. The summed E-state index contributed by atoms with van der Waals surface area (Å²) in [5.41, 5.74) is 9.08. The molecule has 1 fully saturated rings. The summed E-state index contributed by atoms with van der Waals surface area (Å²) in [4.78, 5) is 12.5. The molecular weight excluding hydrogens is 356 g/mol. The number of carbonyl (C=O) groups excluding carboxylic acids is 1. The van der Waals surface area contributed by atoms with E-state index >= 15 is 0 Å². The van der Waals surface area contributed by atoms with Gasteiger partial charge in [-0.3, -0.25) is 4.79 Å². The Morgan fingerprint density at radius 2 is 1.93 bits per heavy atom. The molecule has 0 bridgehead atoms. The maximum atomic E-state index is 12.5. The van der Waals surface area contributed by atoms with Crippen LogP contribution in [0.4, 0.5) is 5.69 Å². The lowest BCUT2D eigenvalue weighted by Gasteiger charge is -2.26. The molecule has 4 rings (SSSR count). The highest BCUT2D eigenvalue weighted by Crippen LogP contribution is 2.37. The zero-order valence-electron chi connectivity index (χ0n) is 15.9. The molecule has 0 saturated heterocycles. The summed E-state index contributed by atoms with van der Waals surface area (Å²) in [7, 11) is 3.21. The van der Waals surface area contributed by atoms with Crippen molar-refractivity contribution >= 4 is 22.5 Å². The Hall–Kier alpha value is -3.35. The maximum absolute atomic E-state index is 12.5. The second-order valence-electron chi connectivity index (χ2n) is 6.83. The fraction of sp³-hybridized carbons (Fsp3) is 0.286. The van der Waals surface area contributed by atoms with Crippen molar-refractivity contribution < 1.29 is 14.3 Å². The van der Waals surface area contributed by atoms with Crippen molar-refractivity contribution in [1.82, 2.24) is 15.5 Å². The predicted molar refractivity (Wildman–Crippen MR) is 108 cm³/mol. The van der Waals surface area contributed by atoms with E-state index in [1.807, 2.05) is 36.4 Å². The highest BCUT2D eigenvalue weighted by Gasteiger charge is 2.24. The number of hydrogen-bond acceptors (Lipinski definition) is 6. The van der Waals surface area contributed by atoms with Crippen LogP contribution in [-0.2, 0) is 0 Å². The van der Waals surface area contributed by atoms with Gasteiger partial charge >= 0.3 is 0 Å². The number of nitrogens with zero attached hydrogens (tertiary/aromatic N) is 2. The van der Waals surface area contributed by atoms with Crippen LogP contribution in [0.1, 0.15) is 29.8 Å². The van der Waals surface area contributed by atoms with E-state index in [2.05, 4.69) is 15.5 Å². The Labute approximate surface area is 162 Å². The Balaban J connectivity index is 1.79. The van der Waals surface area contributed by atoms with E-state index in [9.17, 15) is 4.79 Å². The van der Waals surface area contributed by atoms with E-state index in [1.54, 1.807) is 14.2 Å². The van der Waals surface area contributed by atoms with Crippen LogP contribution < -0.4 is 20.5 Å². The third-order valence-corrected chi connectivity index (χ3v) is 5.19. The summed E-state index contributed by atoms with van der Waals surface area (Å²) in [5.74, 6) is 1.07. The molecule has 7 heteroatoms. The maximum Gasteiger partial charge on any atom is 0.274 e. The lowest BCUT2D eigenvalue weighted by Crippen LogP contribution is -2.40. The second kappa shape index (κ2) is 7.34. The zero-order chi connectivity index (χ0) is 19.7. The first-order valence-electron chi connectivity index (χ1n) is 9.20. The number of anilines is 1. The van der Waals surface area contributed by atoms with Crippen LogP contribution in [0.25, 0.3) is 22.0 Å². The Morgan fingerprint density at radius 1 is 1.11 bits per heavy atom. The standard InChI is InChI=1S/C21H22N4O3/c1-27-13-9-10-14(17(11-13)28-2)15-7-4-8-16-18(22)20(25-24-19(15)16)21(26)23-12-5-3-6-12/h4,7-12H,3,5-6H2,1-2H3,(H2,22,24)(H,23,26). The van der Waals surface area contributed by atoms with Gasteiger partial charge in [-0.05, 0) is 31.4 Å². The Kier molecular flexibility index (Phi) is 4.73. The first-order chi connectivity index (χ1) is 13.6. The lowest BCUT2D eigenvalue weighted by atomic mass is 9.93. The number of carbonyl (C=O) groups is 1. The van der Waals surface area contributed by atoms with Crippen molar-refractivity contribution in [3.05, 3.63) is 42.1 Å². The molecule has 3 N–H and O–H groups in total. The van der Waals surface area contributed by atoms with Crippen molar-refractivity contribution in [2.24, 2.45) is 0 Å². The number of aromatic nitrogens is 2. The van der Waals surface area contributed by atoms with E-state index in [4.69, 9.17) is 15.2 Å². The van der Waals surface area contributed by atoms with E-state index < -0.39 is 0 Å². The van der Waals surface area contributed by atoms with Crippen LogP contribution in [0.5, 0.6) is 11.5 Å². The van der Waals surface area contributed by atoms with Crippen molar-refractivity contribution in [2.75, 3.05) is 20.0 Å². The van der Waals surface area contributed by atoms with Crippen LogP contribution >= 0.6 is 0 Å². The van der Waals surface area contributed by atoms with E-state index in [1.165, 1.54) is 0 Å². The molecule has 0 unspecified atom stereocenters. The van der Waals surface area contributed by atoms with E-state index in [0.717, 1.165) is 30.4 Å². The van der Waals surface area contributed by atoms with Gasteiger partial charge in [0, 0.05) is 28.6 Å². The number of benzene rings is 2. The SMILES string of the molecule is COc1ccc(-c2cccc3c(N)c(C(=O)NC4CCC4)nnc23)c(OC)c1. The smallest absolute Gasteiger partial charge is 0.274 e. The molecule has 1 heterocycles. The predicted octanol–water partition coefficient (Wildman–Crippen LogP) is 3.18. The number of nitrogen functional groups attached to an aromatic ring is 1. The monoisotopic (exact) mass is 378 g/mol. The molecule has 0 atom stereocenters. The number of nitrogens with one attached hydrogen (secondary N) is 1. The first-order valence-corrected chi connectivity index (χ1v) is 9.20. The molecule has 1 amide bonds. The van der Waals surface area contributed by atoms with Crippen molar-refractivity contribution in [3.63, 3.8) is 0 Å². The van der Waals surface area contributed by atoms with Gasteiger partial charge in [-0.15, -0.1) is 10.2 Å². The van der Waals surface area contributed by atoms with Crippen LogP contribution in [0.2, 0.25) is 0 Å². The van der Waals surface area contributed by atoms with Gasteiger partial charge in [-0.25, -0.2) is 0 Å². The molecular formula is C21H22N4O3. The van der Waals surface area contributed by atoms with Crippen LogP contribution in [0.3, 0.4) is 0 Å². The third-order valence-electron chi connectivity index (χ3n) is 5.19. The van der Waals surface area contributed by atoms with E-state index in [0.29, 0.717) is 28.1 Å². The fourth-order valence-corrected chi connectivity index (χ4v) is 3.36. The molecule has 28 heavy (non-hydrogen) atoms. The number of ether oxygens (including phenoxy) is 2. The van der Waals surface area contributed by atoms with Gasteiger partial charge in [0.2, 0.25) is 0 Å². The largest absolute Gasteiger partial charge is 0.497 e. The molecule has 1 saturated carbocycles. The molecule has 7 nitrogen and oxygen atoms in total. The molecule has 3 aromatic rings. The number of fused-ring (bicyclic) bond motifs is 1. The first kappa shape index (κ1) is 18.0. The normalized spacial score (nSPS) is 13.8. The number of rotatable bonds is 5. The number of methoxy groups -OCH3 is 2. The van der Waals surface area contributed by atoms with Gasteiger partial charge in [-0.2, -0.15) is 0 Å². The van der Waals surface area contributed by atoms with Crippen LogP contribution in [-0.4, -0.2) is 36.4 Å². The summed E-state index contributed by atoms with van der Waals surface area (Å²) in [6.07, 6.45) is 3.12. The molecule has 1 aromatic heterocycles. The summed E-state index contributed by atoms with van der Waals surface area (Å²) in [5, 5.41) is 12.1. The van der Waals surface area contributed by atoms with Gasteiger partial charge in [-0.1, -0.05) is 18.2 Å². The molecule has 2 aromatic carbocycles. The van der Waals surface area contributed by atoms with Crippen molar-refractivity contribution in [1.29, 1.82) is 0 Å². The van der Waals surface area contributed by atoms with Crippen molar-refractivity contribution in [2.45, 2.75) is 25.3 Å². The molecule has 0 spiro atoms. The van der Waals surface area contributed by atoms with Gasteiger partial charge in [0.1, 0.15) is 17.0 Å². The number of nitrogens with two attached hydrogens (primary N) is 1. The summed E-state index contributed by atoms with van der Waals surface area (Å²) >= 11 is 0. The minimum absolute atomic E-state index is 0.165. The lowest BCUT2D eigenvalue weighted by molar-refractivity contribution is 0.0912. The molecule has 144 valence electrons. The third kappa shape index (κ3) is 3.09. The Morgan fingerprint density at radius 3 is 2.61 bits per heavy atom. The highest BCUT2D eigenvalue weighted by molar-refractivity contribution is 6.07. The van der Waals surface area contributed by atoms with Gasteiger partial charge in [0.15, 0.2) is 5.69 Å². The molecule has 0 radical (unpaired) electrons. The average molecular weight is 378 g/mol. The van der Waals surface area contributed by atoms with E-state index in [-0.39, 0.29) is 17.6 Å². The fourth-order valence-electron chi connectivity index (χ4n) is 3.36. The van der Waals surface area contributed by atoms with Gasteiger partial charge in [0.05, 0.1) is 19.9 Å². The molecule has 1 aliphatic rings. The minimum atomic E-state index is -0.274. The zero-order valence-corrected chi connectivity index (χ0v) is 15.9. The van der Waals surface area contributed by atoms with Crippen molar-refractivity contribution in [3.8, 4) is 22.6 Å². The molecule has 1 aliphatic carbocycles. The quantitative estimate of drug-likeness (QED) is 0.707. The second-order valence-corrected chi connectivity index (χ2v) is 6.83. The average Bonchev–Trinajstić information content (AvgIpc) is 2.70. The van der Waals surface area contributed by atoms with Crippen LogP contribution in [0, 0.1) is 0 Å². The van der Waals surface area contributed by atoms with Gasteiger partial charge in [0.25, 0.3) is 5.91 Å². The summed E-state index contributed by atoms with van der Waals surface area (Å²) in [6.45, 7) is 0. The topological polar surface area (TPSA) is 99.4 Å². The highest BCUT2D eigenvalue weighted by atomic mass is 16.5. The summed E-state index contributed by atoms with van der Waals surface area (Å²) < 4.78 is 10.8. The number of amides is 1. The Bertz CT molecular complexity index is 1050. The van der Waals surface area contributed by atoms with Crippen LogP contribution in [0.15, 0.2) is 36.4 Å². The summed E-state index contributed by atoms with van der Waals surface area (Å²) in [6, 6.07) is 11.4. The molecule has 0 aliphatic heterocycles.